The van der Waals surface area contributed by atoms with Crippen molar-refractivity contribution in [3.8, 4) is 0 Å². The number of nitrogens with zero attached hydrogens (tertiary/aromatic N) is 2. The van der Waals surface area contributed by atoms with E-state index >= 15 is 0 Å². The van der Waals surface area contributed by atoms with E-state index in [1.54, 1.807) is 11.3 Å². The molecule has 0 saturated carbocycles. The summed E-state index contributed by atoms with van der Waals surface area (Å²) in [6, 6.07) is -0.00261. The minimum absolute atomic E-state index is 0.00261. The van der Waals surface area contributed by atoms with Crippen LogP contribution in [0.2, 0.25) is 0 Å². The molecule has 0 spiro atoms. The quantitative estimate of drug-likeness (QED) is 0.876. The molecule has 1 aliphatic rings. The van der Waals surface area contributed by atoms with E-state index in [4.69, 9.17) is 10.5 Å². The zero-order valence-corrected chi connectivity index (χ0v) is 10.5. The van der Waals surface area contributed by atoms with Crippen LogP contribution >= 0.6 is 11.3 Å². The summed E-state index contributed by atoms with van der Waals surface area (Å²) in [6.07, 6.45) is 6.16. The first-order valence-electron chi connectivity index (χ1n) is 5.95. The van der Waals surface area contributed by atoms with Gasteiger partial charge in [-0.15, -0.1) is 10.2 Å². The van der Waals surface area contributed by atoms with Gasteiger partial charge in [-0.05, 0) is 32.6 Å². The van der Waals surface area contributed by atoms with Crippen molar-refractivity contribution in [2.45, 2.75) is 51.2 Å². The molecule has 2 unspecified atom stereocenters. The van der Waals surface area contributed by atoms with Crippen molar-refractivity contribution < 1.29 is 4.74 Å². The second-order valence-electron chi connectivity index (χ2n) is 4.35. The van der Waals surface area contributed by atoms with Gasteiger partial charge in [-0.25, -0.2) is 0 Å². The lowest BCUT2D eigenvalue weighted by Gasteiger charge is -2.21. The standard InChI is InChI=1S/C11H19N3OS/c1-8(12)11-14-13-10(16-11)6-5-9-4-2-3-7-15-9/h8-9H,2-7,12H2,1H3. The summed E-state index contributed by atoms with van der Waals surface area (Å²) in [5.74, 6) is 0. The molecular formula is C11H19N3OS. The minimum atomic E-state index is -0.00261. The van der Waals surface area contributed by atoms with Gasteiger partial charge in [0, 0.05) is 13.0 Å². The van der Waals surface area contributed by atoms with E-state index < -0.39 is 0 Å². The molecule has 1 fully saturated rings. The minimum Gasteiger partial charge on any atom is -0.378 e. The van der Waals surface area contributed by atoms with Crippen LogP contribution in [-0.4, -0.2) is 22.9 Å². The highest BCUT2D eigenvalue weighted by atomic mass is 32.1. The highest BCUT2D eigenvalue weighted by Crippen LogP contribution is 2.21. The third-order valence-electron chi connectivity index (χ3n) is 2.83. The predicted octanol–water partition coefficient (Wildman–Crippen LogP) is 2.06. The van der Waals surface area contributed by atoms with Crippen LogP contribution in [-0.2, 0) is 11.2 Å². The Bertz CT molecular complexity index is 321. The molecule has 1 aromatic heterocycles. The lowest BCUT2D eigenvalue weighted by Crippen LogP contribution is -2.19. The highest BCUT2D eigenvalue weighted by molar-refractivity contribution is 7.11. The van der Waals surface area contributed by atoms with Crippen LogP contribution in [0.15, 0.2) is 0 Å². The molecule has 1 aromatic rings. The number of aryl methyl sites for hydroxylation is 1. The molecule has 16 heavy (non-hydrogen) atoms. The van der Waals surface area contributed by atoms with Crippen molar-refractivity contribution in [3.63, 3.8) is 0 Å². The summed E-state index contributed by atoms with van der Waals surface area (Å²) < 4.78 is 5.69. The van der Waals surface area contributed by atoms with Gasteiger partial charge < -0.3 is 10.5 Å². The lowest BCUT2D eigenvalue weighted by molar-refractivity contribution is 0.0115. The average Bonchev–Trinajstić information content (AvgIpc) is 2.76. The maximum atomic E-state index is 5.75. The van der Waals surface area contributed by atoms with Crippen molar-refractivity contribution in [2.75, 3.05) is 6.61 Å². The van der Waals surface area contributed by atoms with Crippen LogP contribution in [0.25, 0.3) is 0 Å². The van der Waals surface area contributed by atoms with Gasteiger partial charge in [-0.3, -0.25) is 0 Å². The monoisotopic (exact) mass is 241 g/mol. The van der Waals surface area contributed by atoms with E-state index in [0.717, 1.165) is 29.5 Å². The van der Waals surface area contributed by atoms with Crippen LogP contribution in [0.4, 0.5) is 0 Å². The van der Waals surface area contributed by atoms with Gasteiger partial charge in [0.2, 0.25) is 0 Å². The molecule has 0 aliphatic carbocycles. The van der Waals surface area contributed by atoms with E-state index in [0.29, 0.717) is 6.10 Å². The zero-order valence-electron chi connectivity index (χ0n) is 9.69. The van der Waals surface area contributed by atoms with Crippen molar-refractivity contribution in [1.82, 2.24) is 10.2 Å². The van der Waals surface area contributed by atoms with Gasteiger partial charge in [0.25, 0.3) is 0 Å². The van der Waals surface area contributed by atoms with Crippen LogP contribution in [0.5, 0.6) is 0 Å². The van der Waals surface area contributed by atoms with Crippen molar-refractivity contribution in [1.29, 1.82) is 0 Å². The summed E-state index contributed by atoms with van der Waals surface area (Å²) in [5, 5.41) is 10.3. The third-order valence-corrected chi connectivity index (χ3v) is 4.01. The Balaban J connectivity index is 1.79. The molecule has 90 valence electrons. The number of hydrogen-bond donors (Lipinski definition) is 1. The second kappa shape index (κ2) is 5.70. The molecule has 0 aromatic carbocycles. The Kier molecular flexibility index (Phi) is 4.26. The molecular weight excluding hydrogens is 222 g/mol. The van der Waals surface area contributed by atoms with Crippen LogP contribution in [0.3, 0.4) is 0 Å². The highest BCUT2D eigenvalue weighted by Gasteiger charge is 2.15. The molecule has 2 rings (SSSR count). The van der Waals surface area contributed by atoms with Crippen LogP contribution in [0.1, 0.15) is 48.7 Å². The predicted molar refractivity (Wildman–Crippen MR) is 64.4 cm³/mol. The van der Waals surface area contributed by atoms with E-state index in [2.05, 4.69) is 10.2 Å². The Labute approximate surface area is 100 Å². The lowest BCUT2D eigenvalue weighted by atomic mass is 10.1. The second-order valence-corrected chi connectivity index (χ2v) is 5.44. The van der Waals surface area contributed by atoms with Crippen molar-refractivity contribution in [3.05, 3.63) is 10.0 Å². The summed E-state index contributed by atoms with van der Waals surface area (Å²) in [7, 11) is 0. The summed E-state index contributed by atoms with van der Waals surface area (Å²) in [4.78, 5) is 0. The van der Waals surface area contributed by atoms with Crippen LogP contribution < -0.4 is 5.73 Å². The molecule has 1 aliphatic heterocycles. The molecule has 5 heteroatoms. The van der Waals surface area contributed by atoms with Gasteiger partial charge in [0.15, 0.2) is 0 Å². The molecule has 2 atom stereocenters. The number of nitrogens with two attached hydrogens (primary N) is 1. The largest absolute Gasteiger partial charge is 0.378 e. The average molecular weight is 241 g/mol. The Morgan fingerprint density at radius 1 is 1.50 bits per heavy atom. The number of ether oxygens (including phenoxy) is 1. The normalized spacial score (nSPS) is 23.2. The molecule has 2 heterocycles. The third kappa shape index (κ3) is 3.23. The Hall–Kier alpha value is -0.520. The van der Waals surface area contributed by atoms with Gasteiger partial charge in [0.05, 0.1) is 12.1 Å². The molecule has 0 amide bonds. The van der Waals surface area contributed by atoms with Crippen molar-refractivity contribution >= 4 is 11.3 Å². The SMILES string of the molecule is CC(N)c1nnc(CCC2CCCCO2)s1. The van der Waals surface area contributed by atoms with Crippen molar-refractivity contribution in [2.24, 2.45) is 5.73 Å². The van der Waals surface area contributed by atoms with E-state index in [1.807, 2.05) is 6.92 Å². The molecule has 1 saturated heterocycles. The summed E-state index contributed by atoms with van der Waals surface area (Å²) in [6.45, 7) is 2.86. The first-order chi connectivity index (χ1) is 7.75. The van der Waals surface area contributed by atoms with E-state index in [9.17, 15) is 0 Å². The first-order valence-corrected chi connectivity index (χ1v) is 6.77. The van der Waals surface area contributed by atoms with E-state index in [-0.39, 0.29) is 6.04 Å². The first kappa shape index (κ1) is 12.0. The Morgan fingerprint density at radius 2 is 2.38 bits per heavy atom. The fourth-order valence-corrected chi connectivity index (χ4v) is 2.68. The molecule has 0 radical (unpaired) electrons. The van der Waals surface area contributed by atoms with Gasteiger partial charge >= 0.3 is 0 Å². The Morgan fingerprint density at radius 3 is 3.00 bits per heavy atom. The van der Waals surface area contributed by atoms with Gasteiger partial charge in [0.1, 0.15) is 10.0 Å². The molecule has 0 bridgehead atoms. The number of hydrogen-bond acceptors (Lipinski definition) is 5. The fraction of sp³-hybridized carbons (Fsp3) is 0.818. The van der Waals surface area contributed by atoms with E-state index in [1.165, 1.54) is 19.3 Å². The maximum Gasteiger partial charge on any atom is 0.133 e. The topological polar surface area (TPSA) is 61.0 Å². The van der Waals surface area contributed by atoms with Gasteiger partial charge in [-0.1, -0.05) is 11.3 Å². The number of rotatable bonds is 4. The zero-order chi connectivity index (χ0) is 11.4. The van der Waals surface area contributed by atoms with Crippen LogP contribution in [0, 0.1) is 0 Å². The maximum absolute atomic E-state index is 5.75. The summed E-state index contributed by atoms with van der Waals surface area (Å²) >= 11 is 1.63. The fourth-order valence-electron chi connectivity index (χ4n) is 1.87. The summed E-state index contributed by atoms with van der Waals surface area (Å²) in [5.41, 5.74) is 5.75. The molecule has 2 N–H and O–H groups in total. The number of aromatic nitrogens is 2. The van der Waals surface area contributed by atoms with Gasteiger partial charge in [-0.2, -0.15) is 0 Å². The smallest absolute Gasteiger partial charge is 0.133 e. The molecule has 4 nitrogen and oxygen atoms in total.